The fraction of sp³-hybridized carbons (Fsp3) is 0.548. The topological polar surface area (TPSA) is 76.7 Å². The van der Waals surface area contributed by atoms with Gasteiger partial charge in [0.15, 0.2) is 0 Å². The highest BCUT2D eigenvalue weighted by Gasteiger charge is 2.54. The highest BCUT2D eigenvalue weighted by atomic mass is 16.7. The number of rotatable bonds is 9. The molecule has 1 heterocycles. The van der Waals surface area contributed by atoms with Crippen LogP contribution < -0.4 is 10.6 Å². The monoisotopic (exact) mass is 518 g/mol. The zero-order valence-electron chi connectivity index (χ0n) is 23.8. The van der Waals surface area contributed by atoms with E-state index in [4.69, 9.17) is 9.31 Å². The summed E-state index contributed by atoms with van der Waals surface area (Å²) in [6, 6.07) is 17.5. The number of fused-ring (bicyclic) bond motifs is 1. The maximum absolute atomic E-state index is 13.8. The van der Waals surface area contributed by atoms with Crippen molar-refractivity contribution in [2.45, 2.75) is 96.8 Å². The Morgan fingerprint density at radius 3 is 2.16 bits per heavy atom. The molecule has 6 nitrogen and oxygen atoms in total. The summed E-state index contributed by atoms with van der Waals surface area (Å²) in [6.07, 6.45) is 3.48. The Hall–Kier alpha value is -2.64. The molecule has 4 rings (SSSR count). The van der Waals surface area contributed by atoms with E-state index in [9.17, 15) is 9.59 Å². The minimum Gasteiger partial charge on any atom is -0.402 e. The third-order valence-electron chi connectivity index (χ3n) is 8.29. The Labute approximate surface area is 228 Å². The Morgan fingerprint density at radius 1 is 0.921 bits per heavy atom. The van der Waals surface area contributed by atoms with Crippen LogP contribution in [0.25, 0.3) is 0 Å². The molecule has 1 aliphatic carbocycles. The average molecular weight is 519 g/mol. The minimum absolute atomic E-state index is 0.0633. The molecule has 2 unspecified atom stereocenters. The van der Waals surface area contributed by atoms with E-state index in [0.29, 0.717) is 25.2 Å². The Morgan fingerprint density at radius 2 is 1.53 bits per heavy atom. The second-order valence-corrected chi connectivity index (χ2v) is 12.3. The molecular formula is C31H43BN2O4. The van der Waals surface area contributed by atoms with Crippen LogP contribution in [-0.4, -0.2) is 42.1 Å². The third kappa shape index (κ3) is 6.67. The summed E-state index contributed by atoms with van der Waals surface area (Å²) >= 11 is 0. The lowest BCUT2D eigenvalue weighted by Crippen LogP contribution is -2.56. The van der Waals surface area contributed by atoms with E-state index in [1.807, 2.05) is 70.2 Å². The van der Waals surface area contributed by atoms with Gasteiger partial charge in [-0.2, -0.15) is 0 Å². The number of amides is 2. The molecule has 2 aromatic rings. The fourth-order valence-electron chi connectivity index (χ4n) is 5.35. The van der Waals surface area contributed by atoms with Crippen molar-refractivity contribution in [1.82, 2.24) is 10.6 Å². The zero-order chi connectivity index (χ0) is 27.5. The van der Waals surface area contributed by atoms with Gasteiger partial charge in [-0.25, -0.2) is 0 Å². The zero-order valence-corrected chi connectivity index (χ0v) is 23.8. The molecule has 0 aromatic heterocycles. The van der Waals surface area contributed by atoms with Gasteiger partial charge in [0.2, 0.25) is 11.8 Å². The van der Waals surface area contributed by atoms with Crippen LogP contribution >= 0.6 is 0 Å². The molecule has 2 aliphatic rings. The molecule has 204 valence electrons. The van der Waals surface area contributed by atoms with Crippen molar-refractivity contribution < 1.29 is 18.9 Å². The molecule has 1 fully saturated rings. The second kappa shape index (κ2) is 11.6. The molecule has 38 heavy (non-hydrogen) atoms. The van der Waals surface area contributed by atoms with Crippen LogP contribution in [0, 0.1) is 11.8 Å². The predicted molar refractivity (Wildman–Crippen MR) is 152 cm³/mol. The Bertz CT molecular complexity index is 1100. The van der Waals surface area contributed by atoms with E-state index >= 15 is 0 Å². The second-order valence-electron chi connectivity index (χ2n) is 12.3. The summed E-state index contributed by atoms with van der Waals surface area (Å²) in [6.45, 7) is 12.3. The van der Waals surface area contributed by atoms with Crippen molar-refractivity contribution in [3.05, 3.63) is 71.3 Å². The number of carbonyl (C=O) groups is 2. The summed E-state index contributed by atoms with van der Waals surface area (Å²) in [5.74, 6) is -0.431. The molecule has 0 bridgehead atoms. The van der Waals surface area contributed by atoms with Crippen molar-refractivity contribution in [1.29, 1.82) is 0 Å². The summed E-state index contributed by atoms with van der Waals surface area (Å²) in [4.78, 5) is 27.3. The summed E-state index contributed by atoms with van der Waals surface area (Å²) in [7, 11) is -0.561. The number of hydrogen-bond donors (Lipinski definition) is 2. The molecule has 3 atom stereocenters. The molecule has 7 heteroatoms. The summed E-state index contributed by atoms with van der Waals surface area (Å²) in [5.41, 5.74) is 2.55. The lowest BCUT2D eigenvalue weighted by Gasteiger charge is -2.32. The molecule has 0 radical (unpaired) electrons. The van der Waals surface area contributed by atoms with E-state index in [1.54, 1.807) is 0 Å². The van der Waals surface area contributed by atoms with Crippen LogP contribution in [0.15, 0.2) is 54.6 Å². The largest absolute Gasteiger partial charge is 0.481 e. The van der Waals surface area contributed by atoms with E-state index in [0.717, 1.165) is 18.4 Å². The summed E-state index contributed by atoms with van der Waals surface area (Å²) < 4.78 is 12.6. The first kappa shape index (κ1) is 28.4. The van der Waals surface area contributed by atoms with Crippen molar-refractivity contribution in [2.24, 2.45) is 11.8 Å². The normalized spacial score (nSPS) is 21.4. The van der Waals surface area contributed by atoms with Gasteiger partial charge < -0.3 is 19.9 Å². The van der Waals surface area contributed by atoms with Crippen molar-refractivity contribution in [3.63, 3.8) is 0 Å². The average Bonchev–Trinajstić information content (AvgIpc) is 3.09. The van der Waals surface area contributed by atoms with Gasteiger partial charge in [0.25, 0.3) is 0 Å². The third-order valence-corrected chi connectivity index (χ3v) is 8.29. The standard InChI is InChI=1S/C31H43BN2O4/c1-21(2)18-27(32-37-30(3,4)31(5,6)38-32)34-29(36)26(19-22-12-8-7-9-13-22)33-28(35)25-17-16-23-14-10-11-15-24(23)20-25/h7-15,21,25-27H,16-20H2,1-6H3,(H,33,35)(H,34,36)/t25?,26-,27?/m0/s1. The van der Waals surface area contributed by atoms with Gasteiger partial charge in [-0.3, -0.25) is 9.59 Å². The van der Waals surface area contributed by atoms with E-state index in [1.165, 1.54) is 11.1 Å². The molecule has 2 N–H and O–H groups in total. The molecule has 0 spiro atoms. The van der Waals surface area contributed by atoms with Crippen molar-refractivity contribution in [3.8, 4) is 0 Å². The van der Waals surface area contributed by atoms with Crippen LogP contribution in [0.5, 0.6) is 0 Å². The number of nitrogens with one attached hydrogen (secondary N) is 2. The molecule has 1 saturated heterocycles. The van der Waals surface area contributed by atoms with Gasteiger partial charge in [0.1, 0.15) is 6.04 Å². The van der Waals surface area contributed by atoms with Crippen LogP contribution in [0.3, 0.4) is 0 Å². The molecule has 2 aromatic carbocycles. The van der Waals surface area contributed by atoms with Gasteiger partial charge in [0.05, 0.1) is 17.1 Å². The summed E-state index contributed by atoms with van der Waals surface area (Å²) in [5, 5.41) is 6.32. The van der Waals surface area contributed by atoms with E-state index in [-0.39, 0.29) is 23.7 Å². The predicted octanol–water partition coefficient (Wildman–Crippen LogP) is 4.68. The minimum atomic E-state index is -0.695. The lowest BCUT2D eigenvalue weighted by molar-refractivity contribution is -0.131. The number of hydrogen-bond acceptors (Lipinski definition) is 4. The van der Waals surface area contributed by atoms with Crippen LogP contribution in [0.4, 0.5) is 0 Å². The van der Waals surface area contributed by atoms with Crippen LogP contribution in [-0.2, 0) is 38.2 Å². The number of aryl methyl sites for hydroxylation is 1. The maximum Gasteiger partial charge on any atom is 0.481 e. The van der Waals surface area contributed by atoms with Gasteiger partial charge >= 0.3 is 7.12 Å². The smallest absolute Gasteiger partial charge is 0.402 e. The SMILES string of the molecule is CC(C)CC(NC(=O)[C@H](Cc1ccccc1)NC(=O)C1CCc2ccccc2C1)B1OC(C)(C)C(C)(C)O1. The first-order valence-corrected chi connectivity index (χ1v) is 14.0. The van der Waals surface area contributed by atoms with Gasteiger partial charge in [-0.15, -0.1) is 0 Å². The van der Waals surface area contributed by atoms with Crippen LogP contribution in [0.2, 0.25) is 0 Å². The van der Waals surface area contributed by atoms with E-state index in [2.05, 4.69) is 36.6 Å². The van der Waals surface area contributed by atoms with Crippen molar-refractivity contribution >= 4 is 18.9 Å². The molecule has 1 aliphatic heterocycles. The first-order valence-electron chi connectivity index (χ1n) is 14.0. The van der Waals surface area contributed by atoms with Gasteiger partial charge in [0, 0.05) is 12.3 Å². The quantitative estimate of drug-likeness (QED) is 0.473. The lowest BCUT2D eigenvalue weighted by atomic mass is 9.73. The first-order chi connectivity index (χ1) is 17.9. The fourth-order valence-corrected chi connectivity index (χ4v) is 5.35. The highest BCUT2D eigenvalue weighted by Crippen LogP contribution is 2.38. The molecule has 2 amide bonds. The number of carbonyl (C=O) groups excluding carboxylic acids is 2. The van der Waals surface area contributed by atoms with E-state index < -0.39 is 24.4 Å². The molecule has 0 saturated carbocycles. The Balaban J connectivity index is 1.50. The Kier molecular flexibility index (Phi) is 8.68. The highest BCUT2D eigenvalue weighted by molar-refractivity contribution is 6.48. The van der Waals surface area contributed by atoms with Gasteiger partial charge in [-0.05, 0) is 76.0 Å². The van der Waals surface area contributed by atoms with Crippen molar-refractivity contribution in [2.75, 3.05) is 0 Å². The molecular weight excluding hydrogens is 475 g/mol. The van der Waals surface area contributed by atoms with Crippen LogP contribution in [0.1, 0.15) is 71.1 Å². The van der Waals surface area contributed by atoms with Gasteiger partial charge in [-0.1, -0.05) is 68.4 Å². The maximum atomic E-state index is 13.8. The number of benzene rings is 2.